The van der Waals surface area contributed by atoms with Gasteiger partial charge in [-0.15, -0.1) is 0 Å². The summed E-state index contributed by atoms with van der Waals surface area (Å²) in [5.74, 6) is 0.431. The van der Waals surface area contributed by atoms with Crippen LogP contribution in [-0.2, 0) is 14.3 Å². The third kappa shape index (κ3) is 3.19. The van der Waals surface area contributed by atoms with Gasteiger partial charge in [-0.05, 0) is 11.3 Å². The van der Waals surface area contributed by atoms with E-state index in [2.05, 4.69) is 33.0 Å². The molecule has 0 radical (unpaired) electrons. The van der Waals surface area contributed by atoms with E-state index in [1.54, 1.807) is 0 Å². The van der Waals surface area contributed by atoms with Gasteiger partial charge in [0, 0.05) is 13.1 Å². The average molecular weight is 243 g/mol. The van der Waals surface area contributed by atoms with Crippen molar-refractivity contribution in [2.24, 2.45) is 16.7 Å². The second kappa shape index (κ2) is 5.36. The number of nitrogens with one attached hydrogen (secondary N) is 1. The first-order valence-electron chi connectivity index (χ1n) is 6.21. The van der Waals surface area contributed by atoms with E-state index in [0.717, 1.165) is 6.54 Å². The maximum absolute atomic E-state index is 11.7. The molecule has 1 N–H and O–H groups in total. The molecule has 100 valence electrons. The van der Waals surface area contributed by atoms with Crippen LogP contribution >= 0.6 is 0 Å². The Balaban J connectivity index is 2.42. The first-order valence-corrected chi connectivity index (χ1v) is 6.21. The zero-order valence-corrected chi connectivity index (χ0v) is 11.6. The van der Waals surface area contributed by atoms with Gasteiger partial charge in [0.25, 0.3) is 0 Å². The van der Waals surface area contributed by atoms with E-state index >= 15 is 0 Å². The van der Waals surface area contributed by atoms with Crippen LogP contribution in [0.2, 0.25) is 0 Å². The minimum absolute atomic E-state index is 0.168. The van der Waals surface area contributed by atoms with E-state index in [9.17, 15) is 4.79 Å². The number of hydrogen-bond donors (Lipinski definition) is 1. The van der Waals surface area contributed by atoms with Crippen LogP contribution in [0.25, 0.3) is 0 Å². The molecule has 0 aromatic carbocycles. The SMILES string of the molecule is COC(=O)C1(CNCC(C)(C)C(C)C)COC1. The molecule has 0 atom stereocenters. The maximum Gasteiger partial charge on any atom is 0.317 e. The lowest BCUT2D eigenvalue weighted by molar-refractivity contribution is -0.182. The van der Waals surface area contributed by atoms with Gasteiger partial charge in [-0.1, -0.05) is 27.7 Å². The minimum Gasteiger partial charge on any atom is -0.468 e. The number of ether oxygens (including phenoxy) is 2. The fourth-order valence-corrected chi connectivity index (χ4v) is 1.69. The quantitative estimate of drug-likeness (QED) is 0.717. The lowest BCUT2D eigenvalue weighted by Gasteiger charge is -2.40. The van der Waals surface area contributed by atoms with Crippen LogP contribution in [0.1, 0.15) is 27.7 Å². The second-order valence-electron chi connectivity index (χ2n) is 6.01. The lowest BCUT2D eigenvalue weighted by Crippen LogP contribution is -2.56. The molecule has 1 rings (SSSR count). The number of carbonyl (C=O) groups excluding carboxylic acids is 1. The van der Waals surface area contributed by atoms with E-state index in [0.29, 0.717) is 25.7 Å². The van der Waals surface area contributed by atoms with Crippen molar-refractivity contribution in [2.45, 2.75) is 27.7 Å². The molecule has 1 aliphatic heterocycles. The van der Waals surface area contributed by atoms with E-state index in [1.807, 2.05) is 0 Å². The number of rotatable bonds is 6. The van der Waals surface area contributed by atoms with Gasteiger partial charge in [-0.3, -0.25) is 4.79 Å². The van der Waals surface area contributed by atoms with Crippen LogP contribution < -0.4 is 5.32 Å². The smallest absolute Gasteiger partial charge is 0.317 e. The molecule has 1 fully saturated rings. The highest BCUT2D eigenvalue weighted by molar-refractivity contribution is 5.78. The van der Waals surface area contributed by atoms with Gasteiger partial charge in [0.2, 0.25) is 0 Å². The summed E-state index contributed by atoms with van der Waals surface area (Å²) < 4.78 is 9.98. The predicted octanol–water partition coefficient (Wildman–Crippen LogP) is 1.45. The van der Waals surface area contributed by atoms with Crippen molar-refractivity contribution in [3.63, 3.8) is 0 Å². The predicted molar refractivity (Wildman–Crippen MR) is 66.8 cm³/mol. The molecule has 1 heterocycles. The van der Waals surface area contributed by atoms with Crippen molar-refractivity contribution in [2.75, 3.05) is 33.4 Å². The van der Waals surface area contributed by atoms with Crippen molar-refractivity contribution in [3.8, 4) is 0 Å². The molecule has 0 aromatic heterocycles. The zero-order valence-electron chi connectivity index (χ0n) is 11.6. The summed E-state index contributed by atoms with van der Waals surface area (Å²) in [5.41, 5.74) is -0.232. The highest BCUT2D eigenvalue weighted by atomic mass is 16.5. The molecular formula is C13H25NO3. The summed E-state index contributed by atoms with van der Waals surface area (Å²) in [5, 5.41) is 3.38. The normalized spacial score (nSPS) is 18.9. The fourth-order valence-electron chi connectivity index (χ4n) is 1.69. The van der Waals surface area contributed by atoms with Gasteiger partial charge >= 0.3 is 5.97 Å². The largest absolute Gasteiger partial charge is 0.468 e. The summed E-state index contributed by atoms with van der Waals surface area (Å²) >= 11 is 0. The highest BCUT2D eigenvalue weighted by Crippen LogP contribution is 2.29. The Kier molecular flexibility index (Phi) is 4.55. The average Bonchev–Trinajstić information content (AvgIpc) is 2.20. The Morgan fingerprint density at radius 2 is 2.06 bits per heavy atom. The second-order valence-corrected chi connectivity index (χ2v) is 6.01. The minimum atomic E-state index is -0.457. The molecule has 0 aliphatic carbocycles. The van der Waals surface area contributed by atoms with Gasteiger partial charge in [0.15, 0.2) is 0 Å². The summed E-state index contributed by atoms with van der Waals surface area (Å²) in [6.07, 6.45) is 0. The van der Waals surface area contributed by atoms with Gasteiger partial charge in [0.1, 0.15) is 5.41 Å². The van der Waals surface area contributed by atoms with Crippen LogP contribution in [0.15, 0.2) is 0 Å². The molecule has 0 spiro atoms. The Labute approximate surface area is 104 Å². The van der Waals surface area contributed by atoms with Crippen molar-refractivity contribution < 1.29 is 14.3 Å². The first kappa shape index (κ1) is 14.5. The van der Waals surface area contributed by atoms with Gasteiger partial charge in [0.05, 0.1) is 20.3 Å². The van der Waals surface area contributed by atoms with Crippen molar-refractivity contribution in [1.82, 2.24) is 5.32 Å². The molecule has 0 unspecified atom stereocenters. The molecule has 0 aromatic rings. The third-order valence-corrected chi connectivity index (χ3v) is 3.98. The van der Waals surface area contributed by atoms with Crippen LogP contribution in [0.4, 0.5) is 0 Å². The Hall–Kier alpha value is -0.610. The molecule has 0 saturated carbocycles. The first-order chi connectivity index (χ1) is 7.84. The third-order valence-electron chi connectivity index (χ3n) is 3.98. The zero-order chi connectivity index (χ0) is 13.1. The molecule has 0 bridgehead atoms. The topological polar surface area (TPSA) is 47.6 Å². The summed E-state index contributed by atoms with van der Waals surface area (Å²) in [6.45, 7) is 11.3. The summed E-state index contributed by atoms with van der Waals surface area (Å²) in [7, 11) is 1.43. The number of hydrogen-bond acceptors (Lipinski definition) is 4. The van der Waals surface area contributed by atoms with Crippen LogP contribution in [-0.4, -0.2) is 39.4 Å². The van der Waals surface area contributed by atoms with E-state index in [4.69, 9.17) is 9.47 Å². The Morgan fingerprint density at radius 3 is 2.41 bits per heavy atom. The van der Waals surface area contributed by atoms with Crippen LogP contribution in [0.5, 0.6) is 0 Å². The van der Waals surface area contributed by atoms with Crippen LogP contribution in [0, 0.1) is 16.7 Å². The highest BCUT2D eigenvalue weighted by Gasteiger charge is 2.47. The van der Waals surface area contributed by atoms with Gasteiger partial charge in [-0.25, -0.2) is 0 Å². The number of esters is 1. The van der Waals surface area contributed by atoms with E-state index in [1.165, 1.54) is 7.11 Å². The van der Waals surface area contributed by atoms with Crippen LogP contribution in [0.3, 0.4) is 0 Å². The molecule has 4 heteroatoms. The van der Waals surface area contributed by atoms with E-state index in [-0.39, 0.29) is 11.4 Å². The van der Waals surface area contributed by atoms with Crippen molar-refractivity contribution >= 4 is 5.97 Å². The Bertz CT molecular complexity index is 270. The fraction of sp³-hybridized carbons (Fsp3) is 0.923. The molecule has 17 heavy (non-hydrogen) atoms. The van der Waals surface area contributed by atoms with Gasteiger partial charge < -0.3 is 14.8 Å². The standard InChI is InChI=1S/C13H25NO3/c1-10(2)12(3,4)6-14-7-13(8-17-9-13)11(15)16-5/h10,14H,6-9H2,1-5H3. The lowest BCUT2D eigenvalue weighted by atomic mass is 9.80. The van der Waals surface area contributed by atoms with Crippen molar-refractivity contribution in [1.29, 1.82) is 0 Å². The monoisotopic (exact) mass is 243 g/mol. The van der Waals surface area contributed by atoms with Crippen molar-refractivity contribution in [3.05, 3.63) is 0 Å². The molecule has 1 saturated heterocycles. The molecule has 4 nitrogen and oxygen atoms in total. The number of carbonyl (C=O) groups is 1. The Morgan fingerprint density at radius 1 is 1.47 bits per heavy atom. The van der Waals surface area contributed by atoms with Gasteiger partial charge in [-0.2, -0.15) is 0 Å². The number of methoxy groups -OCH3 is 1. The van der Waals surface area contributed by atoms with E-state index < -0.39 is 5.41 Å². The summed E-state index contributed by atoms with van der Waals surface area (Å²) in [6, 6.07) is 0. The molecule has 1 aliphatic rings. The maximum atomic E-state index is 11.7. The molecular weight excluding hydrogens is 218 g/mol. The molecule has 0 amide bonds. The summed E-state index contributed by atoms with van der Waals surface area (Å²) in [4.78, 5) is 11.7.